The van der Waals surface area contributed by atoms with E-state index in [4.69, 9.17) is 9.73 Å². The van der Waals surface area contributed by atoms with E-state index in [0.717, 1.165) is 35.8 Å². The van der Waals surface area contributed by atoms with E-state index < -0.39 is 5.60 Å². The van der Waals surface area contributed by atoms with Crippen molar-refractivity contribution in [2.24, 2.45) is 4.99 Å². The third kappa shape index (κ3) is 4.11. The molecule has 2 N–H and O–H groups in total. The summed E-state index contributed by atoms with van der Waals surface area (Å²) in [4.78, 5) is 20.3. The Morgan fingerprint density at radius 1 is 1.23 bits per heavy atom. The van der Waals surface area contributed by atoms with Crippen LogP contribution in [0.3, 0.4) is 0 Å². The summed E-state index contributed by atoms with van der Waals surface area (Å²) < 4.78 is 5.70. The van der Waals surface area contributed by atoms with Crippen molar-refractivity contribution in [3.8, 4) is 5.75 Å². The number of esters is 1. The highest BCUT2D eigenvalue weighted by Crippen LogP contribution is 2.38. The number of quaternary nitrogens is 1. The summed E-state index contributed by atoms with van der Waals surface area (Å²) in [6.45, 7) is 7.48. The van der Waals surface area contributed by atoms with Gasteiger partial charge in [-0.1, -0.05) is 30.3 Å². The van der Waals surface area contributed by atoms with Crippen molar-refractivity contribution in [3.63, 3.8) is 0 Å². The SMILES string of the molecule is C[NH+]1CCc2c(sc(/N=C/c3c(O)ccc4ccccc34)c2C(=O)OC(C)(C)C)C1. The van der Waals surface area contributed by atoms with Gasteiger partial charge in [0.2, 0.25) is 0 Å². The van der Waals surface area contributed by atoms with Crippen molar-refractivity contribution in [1.29, 1.82) is 0 Å². The zero-order valence-corrected chi connectivity index (χ0v) is 18.6. The lowest BCUT2D eigenvalue weighted by atomic mass is 10.0. The van der Waals surface area contributed by atoms with E-state index >= 15 is 0 Å². The average Bonchev–Trinajstić information content (AvgIpc) is 3.03. The number of thiophene rings is 1. The Kier molecular flexibility index (Phi) is 5.38. The van der Waals surface area contributed by atoms with E-state index in [1.807, 2.05) is 51.1 Å². The molecule has 1 unspecified atom stereocenters. The first-order valence-electron chi connectivity index (χ1n) is 10.2. The van der Waals surface area contributed by atoms with Crippen molar-refractivity contribution in [3.05, 3.63) is 58.0 Å². The number of aromatic hydroxyl groups is 1. The zero-order chi connectivity index (χ0) is 21.5. The summed E-state index contributed by atoms with van der Waals surface area (Å²) in [6, 6.07) is 11.4. The maximum atomic E-state index is 13.0. The van der Waals surface area contributed by atoms with Crippen LogP contribution < -0.4 is 4.90 Å². The van der Waals surface area contributed by atoms with Crippen LogP contribution in [-0.2, 0) is 17.7 Å². The van der Waals surface area contributed by atoms with E-state index in [1.54, 1.807) is 23.6 Å². The van der Waals surface area contributed by atoms with Gasteiger partial charge in [-0.05, 0) is 43.2 Å². The lowest BCUT2D eigenvalue weighted by Gasteiger charge is -2.22. The number of phenolic OH excluding ortho intramolecular Hbond substituents is 1. The normalized spacial score (nSPS) is 16.7. The zero-order valence-electron chi connectivity index (χ0n) is 17.8. The number of hydrogen-bond donors (Lipinski definition) is 2. The summed E-state index contributed by atoms with van der Waals surface area (Å²) in [5.74, 6) is -0.157. The fourth-order valence-corrected chi connectivity index (χ4v) is 5.07. The number of likely N-dealkylation sites (N-methyl/N-ethyl adjacent to an activating group) is 1. The minimum Gasteiger partial charge on any atom is -0.507 e. The minimum absolute atomic E-state index is 0.168. The molecule has 3 aromatic rings. The van der Waals surface area contributed by atoms with Crippen molar-refractivity contribution in [2.75, 3.05) is 13.6 Å². The number of rotatable bonds is 3. The minimum atomic E-state index is -0.572. The monoisotopic (exact) mass is 423 g/mol. The molecule has 2 heterocycles. The molecule has 0 radical (unpaired) electrons. The number of nitrogens with zero attached hydrogens (tertiary/aromatic N) is 1. The van der Waals surface area contributed by atoms with Crippen LogP contribution in [-0.4, -0.2) is 36.5 Å². The van der Waals surface area contributed by atoms with Crippen LogP contribution in [0.5, 0.6) is 5.75 Å². The lowest BCUT2D eigenvalue weighted by molar-refractivity contribution is -0.895. The maximum Gasteiger partial charge on any atom is 0.342 e. The van der Waals surface area contributed by atoms with Crippen LogP contribution in [0.4, 0.5) is 5.00 Å². The van der Waals surface area contributed by atoms with Gasteiger partial charge in [0.15, 0.2) is 0 Å². The molecule has 1 atom stereocenters. The number of hydrogen-bond acceptors (Lipinski definition) is 5. The van der Waals surface area contributed by atoms with Crippen molar-refractivity contribution >= 4 is 39.3 Å². The molecule has 0 aliphatic carbocycles. The lowest BCUT2D eigenvalue weighted by Crippen LogP contribution is -3.08. The molecule has 30 heavy (non-hydrogen) atoms. The van der Waals surface area contributed by atoms with Gasteiger partial charge in [0, 0.05) is 18.2 Å². The molecule has 156 valence electrons. The molecule has 5 nitrogen and oxygen atoms in total. The van der Waals surface area contributed by atoms with Crippen LogP contribution >= 0.6 is 11.3 Å². The summed E-state index contributed by atoms with van der Waals surface area (Å²) >= 11 is 1.55. The molecule has 1 aliphatic rings. The first kappa shape index (κ1) is 20.6. The number of aliphatic imine (C=N–C) groups is 1. The fraction of sp³-hybridized carbons (Fsp3) is 0.333. The molecule has 0 saturated carbocycles. The van der Waals surface area contributed by atoms with Gasteiger partial charge in [-0.25, -0.2) is 9.79 Å². The first-order chi connectivity index (χ1) is 14.2. The quantitative estimate of drug-likeness (QED) is 0.496. The van der Waals surface area contributed by atoms with E-state index in [1.165, 1.54) is 9.78 Å². The Bertz CT molecular complexity index is 1140. The van der Waals surface area contributed by atoms with E-state index in [2.05, 4.69) is 7.05 Å². The van der Waals surface area contributed by atoms with Gasteiger partial charge in [-0.15, -0.1) is 11.3 Å². The highest BCUT2D eigenvalue weighted by molar-refractivity contribution is 7.16. The smallest absolute Gasteiger partial charge is 0.342 e. The second-order valence-electron chi connectivity index (χ2n) is 8.80. The molecule has 0 bridgehead atoms. The first-order valence-corrected chi connectivity index (χ1v) is 11.0. The highest BCUT2D eigenvalue weighted by Gasteiger charge is 2.31. The highest BCUT2D eigenvalue weighted by atomic mass is 32.1. The number of carbonyl (C=O) groups excluding carboxylic acids is 1. The predicted molar refractivity (Wildman–Crippen MR) is 122 cm³/mol. The van der Waals surface area contributed by atoms with Gasteiger partial charge < -0.3 is 14.7 Å². The average molecular weight is 424 g/mol. The second-order valence-corrected chi connectivity index (χ2v) is 9.88. The number of benzene rings is 2. The molecule has 1 aromatic heterocycles. The number of fused-ring (bicyclic) bond motifs is 2. The summed E-state index contributed by atoms with van der Waals surface area (Å²) in [6.07, 6.45) is 2.50. The molecule has 2 aromatic carbocycles. The molecule has 0 spiro atoms. The van der Waals surface area contributed by atoms with E-state index in [0.29, 0.717) is 16.1 Å². The molecule has 0 amide bonds. The van der Waals surface area contributed by atoms with Crippen molar-refractivity contribution in [1.82, 2.24) is 0 Å². The third-order valence-electron chi connectivity index (χ3n) is 5.20. The summed E-state index contributed by atoms with van der Waals surface area (Å²) in [5, 5.41) is 13.0. The number of phenols is 1. The fourth-order valence-electron chi connectivity index (χ4n) is 3.78. The second kappa shape index (κ2) is 7.85. The molecule has 0 fully saturated rings. The Hall–Kier alpha value is -2.70. The predicted octanol–water partition coefficient (Wildman–Crippen LogP) is 3.88. The molecule has 0 saturated heterocycles. The van der Waals surface area contributed by atoms with Gasteiger partial charge in [0.1, 0.15) is 28.5 Å². The van der Waals surface area contributed by atoms with Gasteiger partial charge in [-0.3, -0.25) is 0 Å². The van der Waals surface area contributed by atoms with Crippen molar-refractivity contribution < 1.29 is 19.5 Å². The van der Waals surface area contributed by atoms with Crippen molar-refractivity contribution in [2.45, 2.75) is 39.3 Å². The number of ether oxygens (including phenoxy) is 1. The van der Waals surface area contributed by atoms with Crippen LogP contribution in [0.2, 0.25) is 0 Å². The maximum absolute atomic E-state index is 13.0. The largest absolute Gasteiger partial charge is 0.507 e. The number of nitrogens with one attached hydrogen (secondary N) is 1. The Labute approximate surface area is 180 Å². The summed E-state index contributed by atoms with van der Waals surface area (Å²) in [5.41, 5.74) is 1.72. The van der Waals surface area contributed by atoms with Gasteiger partial charge in [0.05, 0.1) is 18.5 Å². The van der Waals surface area contributed by atoms with Crippen LogP contribution in [0.15, 0.2) is 41.4 Å². The Morgan fingerprint density at radius 3 is 2.77 bits per heavy atom. The standard InChI is InChI=1S/C24H26N2O3S/c1-24(2,3)29-23(28)21-17-11-12-26(4)14-20(17)30-22(21)25-13-18-16-8-6-5-7-15(16)9-10-19(18)27/h5-10,13,27H,11-12,14H2,1-4H3/p+1/b25-13+. The summed E-state index contributed by atoms with van der Waals surface area (Å²) in [7, 11) is 2.16. The number of carbonyl (C=O) groups is 1. The molecule has 1 aliphatic heterocycles. The molecule has 4 rings (SSSR count). The van der Waals surface area contributed by atoms with Gasteiger partial charge >= 0.3 is 5.97 Å². The molecular weight excluding hydrogens is 396 g/mol. The van der Waals surface area contributed by atoms with Gasteiger partial charge in [0.25, 0.3) is 0 Å². The Morgan fingerprint density at radius 2 is 2.00 bits per heavy atom. The third-order valence-corrected chi connectivity index (χ3v) is 6.34. The van der Waals surface area contributed by atoms with E-state index in [9.17, 15) is 9.90 Å². The molecular formula is C24H27N2O3S+. The van der Waals surface area contributed by atoms with Gasteiger partial charge in [-0.2, -0.15) is 0 Å². The van der Waals surface area contributed by atoms with Crippen LogP contribution in [0, 0.1) is 0 Å². The topological polar surface area (TPSA) is 63.3 Å². The molecule has 6 heteroatoms. The van der Waals surface area contributed by atoms with E-state index in [-0.39, 0.29) is 11.7 Å². The Balaban J connectivity index is 1.80. The van der Waals surface area contributed by atoms with Crippen LogP contribution in [0.1, 0.15) is 47.1 Å². The van der Waals surface area contributed by atoms with Crippen LogP contribution in [0.25, 0.3) is 10.8 Å².